The van der Waals surface area contributed by atoms with E-state index in [1.54, 1.807) is 25.4 Å². The predicted molar refractivity (Wildman–Crippen MR) is 110 cm³/mol. The number of hydrogen-bond donors (Lipinski definition) is 2. The lowest BCUT2D eigenvalue weighted by atomic mass is 9.90. The summed E-state index contributed by atoms with van der Waals surface area (Å²) in [4.78, 5) is 20.0. The lowest BCUT2D eigenvalue weighted by Gasteiger charge is -2.18. The standard InChI is InChI=1S/C23H21N3O2/c1-28-17-11-9-16(10-12-17)19(14-26-23(27)22-8-4-5-13-24-22)20-15-25-21-7-3-2-6-18(20)21/h2-13,15,19,25H,14H2,1H3,(H,26,27). The van der Waals surface area contributed by atoms with Crippen molar-refractivity contribution in [3.63, 3.8) is 0 Å². The van der Waals surface area contributed by atoms with Crippen LogP contribution in [-0.2, 0) is 0 Å². The van der Waals surface area contributed by atoms with Crippen LogP contribution in [0, 0.1) is 0 Å². The zero-order valence-corrected chi connectivity index (χ0v) is 15.6. The zero-order valence-electron chi connectivity index (χ0n) is 15.6. The first-order chi connectivity index (χ1) is 13.8. The summed E-state index contributed by atoms with van der Waals surface area (Å²) in [6.45, 7) is 0.462. The SMILES string of the molecule is COc1ccc(C(CNC(=O)c2ccccn2)c2c[nH]c3ccccc23)cc1. The molecule has 5 nitrogen and oxygen atoms in total. The number of nitrogens with one attached hydrogen (secondary N) is 2. The molecule has 0 saturated heterocycles. The lowest BCUT2D eigenvalue weighted by Crippen LogP contribution is -2.29. The highest BCUT2D eigenvalue weighted by Gasteiger charge is 2.20. The van der Waals surface area contributed by atoms with Gasteiger partial charge >= 0.3 is 0 Å². The Hall–Kier alpha value is -3.60. The Kier molecular flexibility index (Phi) is 5.06. The number of methoxy groups -OCH3 is 1. The first kappa shape index (κ1) is 17.8. The van der Waals surface area contributed by atoms with Crippen molar-refractivity contribution in [1.82, 2.24) is 15.3 Å². The summed E-state index contributed by atoms with van der Waals surface area (Å²) in [5.74, 6) is 0.618. The number of amides is 1. The average molecular weight is 371 g/mol. The van der Waals surface area contributed by atoms with E-state index in [1.165, 1.54) is 0 Å². The van der Waals surface area contributed by atoms with Crippen LogP contribution in [0.25, 0.3) is 10.9 Å². The number of fused-ring (bicyclic) bond motifs is 1. The smallest absolute Gasteiger partial charge is 0.269 e. The molecule has 2 heterocycles. The van der Waals surface area contributed by atoms with Gasteiger partial charge in [-0.3, -0.25) is 9.78 Å². The molecule has 4 rings (SSSR count). The highest BCUT2D eigenvalue weighted by molar-refractivity contribution is 5.92. The van der Waals surface area contributed by atoms with Gasteiger partial charge in [0.1, 0.15) is 11.4 Å². The fourth-order valence-corrected chi connectivity index (χ4v) is 3.41. The van der Waals surface area contributed by atoms with Gasteiger partial charge in [0.05, 0.1) is 7.11 Å². The second-order valence-corrected chi connectivity index (χ2v) is 6.54. The van der Waals surface area contributed by atoms with Crippen LogP contribution in [0.1, 0.15) is 27.5 Å². The molecule has 4 aromatic rings. The van der Waals surface area contributed by atoms with E-state index in [-0.39, 0.29) is 11.8 Å². The van der Waals surface area contributed by atoms with Crippen LogP contribution in [0.4, 0.5) is 0 Å². The monoisotopic (exact) mass is 371 g/mol. The number of pyridine rings is 1. The molecule has 0 saturated carbocycles. The Morgan fingerprint density at radius 3 is 2.61 bits per heavy atom. The Labute approximate surface area is 163 Å². The molecule has 2 N–H and O–H groups in total. The molecule has 0 aliphatic heterocycles. The van der Waals surface area contributed by atoms with Gasteiger partial charge in [-0.1, -0.05) is 36.4 Å². The maximum Gasteiger partial charge on any atom is 0.269 e. The van der Waals surface area contributed by atoms with Crippen LogP contribution in [0.3, 0.4) is 0 Å². The third-order valence-corrected chi connectivity index (χ3v) is 4.88. The van der Waals surface area contributed by atoms with E-state index in [2.05, 4.69) is 27.4 Å². The average Bonchev–Trinajstić information content (AvgIpc) is 3.19. The molecule has 2 aromatic heterocycles. The normalized spacial score (nSPS) is 11.9. The molecule has 0 radical (unpaired) electrons. The third kappa shape index (κ3) is 3.60. The van der Waals surface area contributed by atoms with Gasteiger partial charge in [-0.15, -0.1) is 0 Å². The van der Waals surface area contributed by atoms with Crippen molar-refractivity contribution < 1.29 is 9.53 Å². The second kappa shape index (κ2) is 7.96. The fraction of sp³-hybridized carbons (Fsp3) is 0.130. The number of ether oxygens (including phenoxy) is 1. The minimum Gasteiger partial charge on any atom is -0.497 e. The summed E-state index contributed by atoms with van der Waals surface area (Å²) >= 11 is 0. The van der Waals surface area contributed by atoms with Crippen molar-refractivity contribution in [2.24, 2.45) is 0 Å². The van der Waals surface area contributed by atoms with Gasteiger partial charge in [-0.05, 0) is 41.5 Å². The number of nitrogens with zero attached hydrogens (tertiary/aromatic N) is 1. The highest BCUT2D eigenvalue weighted by atomic mass is 16.5. The van der Waals surface area contributed by atoms with Crippen LogP contribution >= 0.6 is 0 Å². The number of aromatic nitrogens is 2. The van der Waals surface area contributed by atoms with E-state index >= 15 is 0 Å². The topological polar surface area (TPSA) is 67.0 Å². The molecular weight excluding hydrogens is 350 g/mol. The van der Waals surface area contributed by atoms with Crippen LogP contribution in [-0.4, -0.2) is 29.5 Å². The molecule has 2 aromatic carbocycles. The highest BCUT2D eigenvalue weighted by Crippen LogP contribution is 2.31. The van der Waals surface area contributed by atoms with Gasteiger partial charge in [0, 0.05) is 35.8 Å². The summed E-state index contributed by atoms with van der Waals surface area (Å²) in [6.07, 6.45) is 3.64. The van der Waals surface area contributed by atoms with Crippen LogP contribution in [0.2, 0.25) is 0 Å². The van der Waals surface area contributed by atoms with Crippen LogP contribution in [0.5, 0.6) is 5.75 Å². The van der Waals surface area contributed by atoms with Crippen molar-refractivity contribution in [2.75, 3.05) is 13.7 Å². The molecular formula is C23H21N3O2. The number of carbonyl (C=O) groups is 1. The van der Waals surface area contributed by atoms with Crippen molar-refractivity contribution in [1.29, 1.82) is 0 Å². The maximum absolute atomic E-state index is 12.5. The largest absolute Gasteiger partial charge is 0.497 e. The second-order valence-electron chi connectivity index (χ2n) is 6.54. The fourth-order valence-electron chi connectivity index (χ4n) is 3.41. The van der Waals surface area contributed by atoms with E-state index in [4.69, 9.17) is 4.74 Å². The summed E-state index contributed by atoms with van der Waals surface area (Å²) in [5, 5.41) is 4.18. The Morgan fingerprint density at radius 2 is 1.86 bits per heavy atom. The minimum absolute atomic E-state index is 0.00489. The molecule has 140 valence electrons. The number of H-pyrrole nitrogens is 1. The molecule has 0 fully saturated rings. The van der Waals surface area contributed by atoms with Gasteiger partial charge in [0.15, 0.2) is 0 Å². The first-order valence-electron chi connectivity index (χ1n) is 9.15. The summed E-state index contributed by atoms with van der Waals surface area (Å²) in [5.41, 5.74) is 3.73. The molecule has 0 aliphatic rings. The van der Waals surface area contributed by atoms with Gasteiger partial charge in [0.2, 0.25) is 0 Å². The molecule has 1 unspecified atom stereocenters. The van der Waals surface area contributed by atoms with Crippen molar-refractivity contribution in [2.45, 2.75) is 5.92 Å². The van der Waals surface area contributed by atoms with Gasteiger partial charge < -0.3 is 15.0 Å². The molecule has 5 heteroatoms. The Bertz CT molecular complexity index is 1070. The number of para-hydroxylation sites is 1. The predicted octanol–water partition coefficient (Wildman–Crippen LogP) is 4.13. The van der Waals surface area contributed by atoms with Crippen LogP contribution in [0.15, 0.2) is 79.1 Å². The van der Waals surface area contributed by atoms with Gasteiger partial charge in [0.25, 0.3) is 5.91 Å². The Morgan fingerprint density at radius 1 is 1.07 bits per heavy atom. The minimum atomic E-state index is -0.182. The number of carbonyl (C=O) groups excluding carboxylic acids is 1. The van der Waals surface area contributed by atoms with E-state index < -0.39 is 0 Å². The van der Waals surface area contributed by atoms with Crippen molar-refractivity contribution >= 4 is 16.8 Å². The molecule has 1 amide bonds. The quantitative estimate of drug-likeness (QED) is 0.535. The molecule has 1 atom stereocenters. The molecule has 0 aliphatic carbocycles. The first-order valence-corrected chi connectivity index (χ1v) is 9.15. The van der Waals surface area contributed by atoms with Gasteiger partial charge in [-0.2, -0.15) is 0 Å². The Balaban J connectivity index is 1.66. The summed E-state index contributed by atoms with van der Waals surface area (Å²) in [7, 11) is 1.65. The maximum atomic E-state index is 12.5. The summed E-state index contributed by atoms with van der Waals surface area (Å²) in [6, 6.07) is 21.5. The number of hydrogen-bond acceptors (Lipinski definition) is 3. The number of benzene rings is 2. The van der Waals surface area contributed by atoms with E-state index in [0.29, 0.717) is 12.2 Å². The van der Waals surface area contributed by atoms with E-state index in [9.17, 15) is 4.79 Å². The lowest BCUT2D eigenvalue weighted by molar-refractivity contribution is 0.0947. The van der Waals surface area contributed by atoms with Gasteiger partial charge in [-0.25, -0.2) is 0 Å². The number of rotatable bonds is 6. The van der Waals surface area contributed by atoms with E-state index in [1.807, 2.05) is 48.7 Å². The zero-order chi connectivity index (χ0) is 19.3. The third-order valence-electron chi connectivity index (χ3n) is 4.88. The molecule has 0 spiro atoms. The van der Waals surface area contributed by atoms with Crippen molar-refractivity contribution in [3.8, 4) is 5.75 Å². The van der Waals surface area contributed by atoms with Crippen molar-refractivity contribution in [3.05, 3.63) is 95.9 Å². The number of aromatic amines is 1. The summed E-state index contributed by atoms with van der Waals surface area (Å²) < 4.78 is 5.28. The molecule has 28 heavy (non-hydrogen) atoms. The van der Waals surface area contributed by atoms with E-state index in [0.717, 1.165) is 27.8 Å². The molecule has 0 bridgehead atoms. The van der Waals surface area contributed by atoms with Crippen LogP contribution < -0.4 is 10.1 Å².